The van der Waals surface area contributed by atoms with Gasteiger partial charge in [-0.3, -0.25) is 0 Å². The number of benzene rings is 1. The lowest BCUT2D eigenvalue weighted by Crippen LogP contribution is -2.24. The second-order valence-electron chi connectivity index (χ2n) is 5.06. The molecule has 96 valence electrons. The first-order chi connectivity index (χ1) is 9.29. The van der Waals surface area contributed by atoms with Gasteiger partial charge >= 0.3 is 0 Å². The number of hydrogen-bond donors (Lipinski definition) is 1. The van der Waals surface area contributed by atoms with Gasteiger partial charge in [0.2, 0.25) is 0 Å². The average Bonchev–Trinajstić information content (AvgIpc) is 2.71. The van der Waals surface area contributed by atoms with Crippen molar-refractivity contribution in [1.29, 1.82) is 0 Å². The van der Waals surface area contributed by atoms with Crippen LogP contribution in [0.4, 0.5) is 0 Å². The van der Waals surface area contributed by atoms with E-state index in [0.29, 0.717) is 11.3 Å². The molecule has 19 heavy (non-hydrogen) atoms. The maximum Gasteiger partial charge on any atom is 0.129 e. The van der Waals surface area contributed by atoms with Crippen LogP contribution in [0.1, 0.15) is 19.3 Å². The standard InChI is InChI=1S/C15H13ClN2O/c16-15-7-12-11-6-10(19-9-2-1-3-9)4-5-13(11)18-14(12)8-17-15/h4-9,18H,1-3H2. The SMILES string of the molecule is Clc1cc2c(cn1)[nH]c1ccc(OC3CCC3)cc12. The molecule has 2 aromatic heterocycles. The van der Waals surface area contributed by atoms with Crippen molar-refractivity contribution < 1.29 is 4.74 Å². The molecule has 1 saturated carbocycles. The molecule has 0 spiro atoms. The van der Waals surface area contributed by atoms with Crippen molar-refractivity contribution in [2.24, 2.45) is 0 Å². The fourth-order valence-corrected chi connectivity index (χ4v) is 2.66. The number of aromatic nitrogens is 2. The third kappa shape index (κ3) is 1.85. The molecule has 0 atom stereocenters. The lowest BCUT2D eigenvalue weighted by atomic mass is 9.96. The molecular formula is C15H13ClN2O. The lowest BCUT2D eigenvalue weighted by molar-refractivity contribution is 0.120. The number of rotatable bonds is 2. The minimum Gasteiger partial charge on any atom is -0.490 e. The molecule has 1 N–H and O–H groups in total. The monoisotopic (exact) mass is 272 g/mol. The average molecular weight is 273 g/mol. The summed E-state index contributed by atoms with van der Waals surface area (Å²) in [6.07, 6.45) is 5.78. The van der Waals surface area contributed by atoms with E-state index in [-0.39, 0.29) is 0 Å². The van der Waals surface area contributed by atoms with Crippen molar-refractivity contribution >= 4 is 33.4 Å². The number of nitrogens with zero attached hydrogens (tertiary/aromatic N) is 1. The molecule has 4 rings (SSSR count). The van der Waals surface area contributed by atoms with Gasteiger partial charge < -0.3 is 9.72 Å². The molecule has 4 heteroatoms. The molecule has 0 radical (unpaired) electrons. The Balaban J connectivity index is 1.85. The second-order valence-corrected chi connectivity index (χ2v) is 5.44. The highest BCUT2D eigenvalue weighted by molar-refractivity contribution is 6.30. The normalized spacial score (nSPS) is 15.8. The zero-order chi connectivity index (χ0) is 12.8. The zero-order valence-electron chi connectivity index (χ0n) is 10.3. The Hall–Kier alpha value is -1.74. The van der Waals surface area contributed by atoms with Crippen LogP contribution < -0.4 is 4.74 Å². The van der Waals surface area contributed by atoms with Gasteiger partial charge in [-0.1, -0.05) is 11.6 Å². The quantitative estimate of drug-likeness (QED) is 0.706. The van der Waals surface area contributed by atoms with Crippen molar-refractivity contribution in [3.63, 3.8) is 0 Å². The summed E-state index contributed by atoms with van der Waals surface area (Å²) in [6, 6.07) is 8.05. The zero-order valence-corrected chi connectivity index (χ0v) is 11.1. The van der Waals surface area contributed by atoms with E-state index >= 15 is 0 Å². The fraction of sp³-hybridized carbons (Fsp3) is 0.267. The van der Waals surface area contributed by atoms with Crippen molar-refractivity contribution in [1.82, 2.24) is 9.97 Å². The Morgan fingerprint density at radius 1 is 1.16 bits per heavy atom. The van der Waals surface area contributed by atoms with Gasteiger partial charge in [0.05, 0.1) is 17.8 Å². The molecule has 0 amide bonds. The van der Waals surface area contributed by atoms with E-state index in [4.69, 9.17) is 16.3 Å². The van der Waals surface area contributed by atoms with Crippen LogP contribution in [0.2, 0.25) is 5.15 Å². The summed E-state index contributed by atoms with van der Waals surface area (Å²) < 4.78 is 5.94. The van der Waals surface area contributed by atoms with E-state index in [2.05, 4.69) is 22.1 Å². The third-order valence-electron chi connectivity index (χ3n) is 3.78. The molecule has 0 aliphatic heterocycles. The largest absolute Gasteiger partial charge is 0.490 e. The van der Waals surface area contributed by atoms with Crippen LogP contribution in [0, 0.1) is 0 Å². The third-order valence-corrected chi connectivity index (χ3v) is 3.98. The second kappa shape index (κ2) is 4.14. The Morgan fingerprint density at radius 3 is 2.79 bits per heavy atom. The van der Waals surface area contributed by atoms with Gasteiger partial charge in [-0.25, -0.2) is 4.98 Å². The molecule has 1 aromatic carbocycles. The van der Waals surface area contributed by atoms with Gasteiger partial charge in [0.1, 0.15) is 10.9 Å². The van der Waals surface area contributed by atoms with Gasteiger partial charge in [0, 0.05) is 16.3 Å². The molecule has 1 fully saturated rings. The van der Waals surface area contributed by atoms with Crippen molar-refractivity contribution in [3.05, 3.63) is 35.6 Å². The molecule has 0 bridgehead atoms. The number of fused-ring (bicyclic) bond motifs is 3. The maximum absolute atomic E-state index is 5.98. The summed E-state index contributed by atoms with van der Waals surface area (Å²) in [7, 11) is 0. The van der Waals surface area contributed by atoms with Crippen LogP contribution in [0.3, 0.4) is 0 Å². The van der Waals surface area contributed by atoms with Gasteiger partial charge in [-0.15, -0.1) is 0 Å². The lowest BCUT2D eigenvalue weighted by Gasteiger charge is -2.26. The Kier molecular flexibility index (Phi) is 2.42. The number of pyridine rings is 1. The van der Waals surface area contributed by atoms with Crippen LogP contribution in [0.25, 0.3) is 21.8 Å². The predicted molar refractivity (Wildman–Crippen MR) is 76.9 cm³/mol. The fourth-order valence-electron chi connectivity index (χ4n) is 2.51. The topological polar surface area (TPSA) is 37.9 Å². The first-order valence-electron chi connectivity index (χ1n) is 6.53. The van der Waals surface area contributed by atoms with Crippen molar-refractivity contribution in [2.45, 2.75) is 25.4 Å². The highest BCUT2D eigenvalue weighted by atomic mass is 35.5. The number of halogens is 1. The Morgan fingerprint density at radius 2 is 2.00 bits per heavy atom. The van der Waals surface area contributed by atoms with Crippen LogP contribution in [-0.4, -0.2) is 16.1 Å². The summed E-state index contributed by atoms with van der Waals surface area (Å²) in [5, 5.41) is 2.74. The summed E-state index contributed by atoms with van der Waals surface area (Å²) in [5.74, 6) is 0.936. The number of hydrogen-bond acceptors (Lipinski definition) is 2. The molecule has 0 saturated heterocycles. The predicted octanol–water partition coefficient (Wildman–Crippen LogP) is 4.30. The van der Waals surface area contributed by atoms with Gasteiger partial charge in [0.15, 0.2) is 0 Å². The number of ether oxygens (including phenoxy) is 1. The summed E-state index contributed by atoms with van der Waals surface area (Å²) in [5.41, 5.74) is 2.08. The molecule has 1 aliphatic carbocycles. The molecule has 0 unspecified atom stereocenters. The van der Waals surface area contributed by atoms with E-state index in [1.54, 1.807) is 6.20 Å². The highest BCUT2D eigenvalue weighted by Crippen LogP contribution is 2.31. The first-order valence-corrected chi connectivity index (χ1v) is 6.91. The van der Waals surface area contributed by atoms with E-state index in [1.165, 1.54) is 19.3 Å². The van der Waals surface area contributed by atoms with E-state index in [9.17, 15) is 0 Å². The smallest absolute Gasteiger partial charge is 0.129 e. The van der Waals surface area contributed by atoms with Crippen LogP contribution in [0.5, 0.6) is 5.75 Å². The maximum atomic E-state index is 5.98. The Bertz CT molecular complexity index is 761. The Labute approximate surface area is 115 Å². The molecule has 3 aromatic rings. The van der Waals surface area contributed by atoms with Gasteiger partial charge in [-0.2, -0.15) is 0 Å². The molecule has 3 nitrogen and oxygen atoms in total. The van der Waals surface area contributed by atoms with Crippen LogP contribution >= 0.6 is 11.6 Å². The van der Waals surface area contributed by atoms with Crippen molar-refractivity contribution in [2.75, 3.05) is 0 Å². The minimum absolute atomic E-state index is 0.396. The molecule has 2 heterocycles. The minimum atomic E-state index is 0.396. The van der Waals surface area contributed by atoms with E-state index in [0.717, 1.165) is 27.6 Å². The highest BCUT2D eigenvalue weighted by Gasteiger charge is 2.19. The molecular weight excluding hydrogens is 260 g/mol. The van der Waals surface area contributed by atoms with Gasteiger partial charge in [-0.05, 0) is 43.5 Å². The summed E-state index contributed by atoms with van der Waals surface area (Å²) >= 11 is 5.98. The number of nitrogens with one attached hydrogen (secondary N) is 1. The van der Waals surface area contributed by atoms with Crippen LogP contribution in [0.15, 0.2) is 30.5 Å². The molecule has 1 aliphatic rings. The van der Waals surface area contributed by atoms with Crippen LogP contribution in [-0.2, 0) is 0 Å². The number of aromatic amines is 1. The van der Waals surface area contributed by atoms with E-state index in [1.807, 2.05) is 12.1 Å². The van der Waals surface area contributed by atoms with Gasteiger partial charge in [0.25, 0.3) is 0 Å². The number of H-pyrrole nitrogens is 1. The summed E-state index contributed by atoms with van der Waals surface area (Å²) in [4.78, 5) is 7.44. The van der Waals surface area contributed by atoms with E-state index < -0.39 is 0 Å². The first kappa shape index (κ1) is 11.1. The van der Waals surface area contributed by atoms with Crippen molar-refractivity contribution in [3.8, 4) is 5.75 Å². The summed E-state index contributed by atoms with van der Waals surface area (Å²) in [6.45, 7) is 0.